The number of carbonyl (C=O) groups is 1. The minimum absolute atomic E-state index is 0.0927. The van der Waals surface area contributed by atoms with Gasteiger partial charge in [-0.2, -0.15) is 0 Å². The molecular formula is C20H24N2O2S. The zero-order chi connectivity index (χ0) is 18.6. The average Bonchev–Trinajstić information content (AvgIpc) is 2.55. The van der Waals surface area contributed by atoms with Gasteiger partial charge in [-0.15, -0.1) is 0 Å². The summed E-state index contributed by atoms with van der Waals surface area (Å²) in [5.41, 5.74) is 4.16. The number of hydrogen-bond donors (Lipinski definition) is 3. The first-order valence-electron chi connectivity index (χ1n) is 8.34. The van der Waals surface area contributed by atoms with E-state index in [4.69, 9.17) is 12.2 Å². The lowest BCUT2D eigenvalue weighted by atomic mass is 9.98. The summed E-state index contributed by atoms with van der Waals surface area (Å²) in [4.78, 5) is 12.4. The second-order valence-electron chi connectivity index (χ2n) is 6.31. The fraction of sp³-hybridized carbons (Fsp3) is 0.300. The first-order chi connectivity index (χ1) is 11.8. The predicted molar refractivity (Wildman–Crippen MR) is 106 cm³/mol. The van der Waals surface area contributed by atoms with Crippen molar-refractivity contribution < 1.29 is 9.90 Å². The Morgan fingerprint density at radius 1 is 1.20 bits per heavy atom. The Kier molecular flexibility index (Phi) is 6.15. The Balaban J connectivity index is 2.11. The zero-order valence-electron chi connectivity index (χ0n) is 15.0. The quantitative estimate of drug-likeness (QED) is 0.551. The van der Waals surface area contributed by atoms with Gasteiger partial charge >= 0.3 is 0 Å². The standard InChI is InChI=1S/C20H24N2O2S/c1-5-13(3)15-7-9-18(23)17(11-15)21-20(25)22-19(24)16-8-6-12(2)10-14(16)4/h6-11,13,23H,5H2,1-4H3,(H2,21,22,24,25)/t13-/m0/s1. The van der Waals surface area contributed by atoms with Crippen LogP contribution in [-0.2, 0) is 0 Å². The molecule has 0 aromatic heterocycles. The van der Waals surface area contributed by atoms with Crippen molar-refractivity contribution in [1.29, 1.82) is 0 Å². The highest BCUT2D eigenvalue weighted by Crippen LogP contribution is 2.29. The molecule has 2 rings (SSSR count). The van der Waals surface area contributed by atoms with Crippen molar-refractivity contribution in [2.45, 2.75) is 40.0 Å². The van der Waals surface area contributed by atoms with Gasteiger partial charge in [-0.1, -0.05) is 37.6 Å². The Labute approximate surface area is 154 Å². The first kappa shape index (κ1) is 18.9. The SMILES string of the molecule is CC[C@H](C)c1ccc(O)c(NC(=S)NC(=O)c2ccc(C)cc2C)c1. The zero-order valence-corrected chi connectivity index (χ0v) is 15.8. The third kappa shape index (κ3) is 4.79. The van der Waals surface area contributed by atoms with Crippen LogP contribution in [0.1, 0.15) is 53.2 Å². The Morgan fingerprint density at radius 3 is 2.56 bits per heavy atom. The summed E-state index contributed by atoms with van der Waals surface area (Å²) in [6, 6.07) is 11.0. The number of thiocarbonyl (C=S) groups is 1. The molecule has 1 atom stereocenters. The number of anilines is 1. The second kappa shape index (κ2) is 8.12. The molecule has 0 aliphatic heterocycles. The van der Waals surface area contributed by atoms with Gasteiger partial charge in [-0.3, -0.25) is 10.1 Å². The summed E-state index contributed by atoms with van der Waals surface area (Å²) in [7, 11) is 0. The van der Waals surface area contributed by atoms with E-state index in [1.54, 1.807) is 12.1 Å². The summed E-state index contributed by atoms with van der Waals surface area (Å²) < 4.78 is 0. The number of rotatable bonds is 4. The number of aryl methyl sites for hydroxylation is 2. The number of phenolic OH excluding ortho intramolecular Hbond substituents is 1. The highest BCUT2D eigenvalue weighted by Gasteiger charge is 2.13. The van der Waals surface area contributed by atoms with Crippen LogP contribution in [0.2, 0.25) is 0 Å². The molecule has 0 heterocycles. The molecule has 2 aromatic rings. The van der Waals surface area contributed by atoms with Crippen molar-refractivity contribution in [3.8, 4) is 5.75 Å². The van der Waals surface area contributed by atoms with Gasteiger partial charge in [0.15, 0.2) is 5.11 Å². The number of hydrogen-bond acceptors (Lipinski definition) is 3. The maximum Gasteiger partial charge on any atom is 0.257 e. The average molecular weight is 356 g/mol. The maximum absolute atomic E-state index is 12.4. The van der Waals surface area contributed by atoms with E-state index < -0.39 is 0 Å². The molecule has 0 saturated heterocycles. The van der Waals surface area contributed by atoms with E-state index >= 15 is 0 Å². The highest BCUT2D eigenvalue weighted by molar-refractivity contribution is 7.80. The summed E-state index contributed by atoms with van der Waals surface area (Å²) >= 11 is 5.22. The number of benzene rings is 2. The highest BCUT2D eigenvalue weighted by atomic mass is 32.1. The van der Waals surface area contributed by atoms with Crippen LogP contribution >= 0.6 is 12.2 Å². The van der Waals surface area contributed by atoms with Crippen LogP contribution in [-0.4, -0.2) is 16.1 Å². The molecule has 4 nitrogen and oxygen atoms in total. The van der Waals surface area contributed by atoms with Gasteiger partial charge < -0.3 is 10.4 Å². The van der Waals surface area contributed by atoms with E-state index in [2.05, 4.69) is 24.5 Å². The van der Waals surface area contributed by atoms with Gasteiger partial charge in [-0.25, -0.2) is 0 Å². The first-order valence-corrected chi connectivity index (χ1v) is 8.75. The van der Waals surface area contributed by atoms with E-state index in [1.165, 1.54) is 0 Å². The van der Waals surface area contributed by atoms with Crippen LogP contribution in [0.4, 0.5) is 5.69 Å². The molecule has 3 N–H and O–H groups in total. The number of amides is 1. The van der Waals surface area contributed by atoms with Crippen LogP contribution < -0.4 is 10.6 Å². The van der Waals surface area contributed by atoms with E-state index in [0.29, 0.717) is 17.2 Å². The molecule has 25 heavy (non-hydrogen) atoms. The number of nitrogens with one attached hydrogen (secondary N) is 2. The topological polar surface area (TPSA) is 61.4 Å². The van der Waals surface area contributed by atoms with Crippen molar-refractivity contribution in [3.05, 3.63) is 58.7 Å². The van der Waals surface area contributed by atoms with Crippen LogP contribution in [0.3, 0.4) is 0 Å². The monoisotopic (exact) mass is 356 g/mol. The van der Waals surface area contributed by atoms with Crippen molar-refractivity contribution in [2.24, 2.45) is 0 Å². The third-order valence-electron chi connectivity index (χ3n) is 4.30. The second-order valence-corrected chi connectivity index (χ2v) is 6.72. The summed E-state index contributed by atoms with van der Waals surface area (Å²) in [5, 5.41) is 15.8. The largest absolute Gasteiger partial charge is 0.506 e. The molecule has 0 saturated carbocycles. The number of aromatic hydroxyl groups is 1. The molecule has 0 radical (unpaired) electrons. The van der Waals surface area contributed by atoms with E-state index in [9.17, 15) is 9.90 Å². The van der Waals surface area contributed by atoms with E-state index in [0.717, 1.165) is 23.1 Å². The van der Waals surface area contributed by atoms with Gasteiger partial charge in [-0.05, 0) is 67.7 Å². The van der Waals surface area contributed by atoms with Crippen LogP contribution in [0.25, 0.3) is 0 Å². The normalized spacial score (nSPS) is 11.7. The Bertz CT molecular complexity index is 802. The molecule has 0 fully saturated rings. The summed E-state index contributed by atoms with van der Waals surface area (Å²) in [6.07, 6.45) is 0.998. The minimum Gasteiger partial charge on any atom is -0.506 e. The van der Waals surface area contributed by atoms with Crippen molar-refractivity contribution >= 4 is 28.9 Å². The molecule has 0 spiro atoms. The van der Waals surface area contributed by atoms with Crippen molar-refractivity contribution in [1.82, 2.24) is 5.32 Å². The van der Waals surface area contributed by atoms with Gasteiger partial charge in [0.1, 0.15) is 5.75 Å². The van der Waals surface area contributed by atoms with Crippen LogP contribution in [0, 0.1) is 13.8 Å². The number of carbonyl (C=O) groups excluding carboxylic acids is 1. The molecule has 1 amide bonds. The smallest absolute Gasteiger partial charge is 0.257 e. The summed E-state index contributed by atoms with van der Waals surface area (Å²) in [5.74, 6) is 0.197. The molecule has 0 bridgehead atoms. The third-order valence-corrected chi connectivity index (χ3v) is 4.51. The molecular weight excluding hydrogens is 332 g/mol. The lowest BCUT2D eigenvalue weighted by Crippen LogP contribution is -2.34. The van der Waals surface area contributed by atoms with Gasteiger partial charge in [0.2, 0.25) is 0 Å². The van der Waals surface area contributed by atoms with Crippen LogP contribution in [0.5, 0.6) is 5.75 Å². The van der Waals surface area contributed by atoms with E-state index in [-0.39, 0.29) is 16.8 Å². The Hall–Kier alpha value is -2.40. The number of phenols is 1. The molecule has 5 heteroatoms. The predicted octanol–water partition coefficient (Wildman–Crippen LogP) is 4.65. The van der Waals surface area contributed by atoms with E-state index in [1.807, 2.05) is 38.1 Å². The van der Waals surface area contributed by atoms with Crippen molar-refractivity contribution in [2.75, 3.05) is 5.32 Å². The molecule has 2 aromatic carbocycles. The minimum atomic E-state index is -0.271. The van der Waals surface area contributed by atoms with Gasteiger partial charge in [0, 0.05) is 5.56 Å². The van der Waals surface area contributed by atoms with Crippen molar-refractivity contribution in [3.63, 3.8) is 0 Å². The van der Waals surface area contributed by atoms with Gasteiger partial charge in [0.05, 0.1) is 5.69 Å². The molecule has 0 aliphatic carbocycles. The van der Waals surface area contributed by atoms with Gasteiger partial charge in [0.25, 0.3) is 5.91 Å². The fourth-order valence-electron chi connectivity index (χ4n) is 2.59. The molecule has 0 unspecified atom stereocenters. The lowest BCUT2D eigenvalue weighted by Gasteiger charge is -2.15. The molecule has 132 valence electrons. The lowest BCUT2D eigenvalue weighted by molar-refractivity contribution is 0.0977. The summed E-state index contributed by atoms with van der Waals surface area (Å²) in [6.45, 7) is 8.10. The maximum atomic E-state index is 12.4. The van der Waals surface area contributed by atoms with Crippen LogP contribution in [0.15, 0.2) is 36.4 Å². The molecule has 0 aliphatic rings. The Morgan fingerprint density at radius 2 is 1.92 bits per heavy atom. The fourth-order valence-corrected chi connectivity index (χ4v) is 2.79.